The SMILES string of the molecule is COC1(C(O)c2cccs2)CCCCC1. The summed E-state index contributed by atoms with van der Waals surface area (Å²) in [4.78, 5) is 1.03. The Hall–Kier alpha value is -0.380. The summed E-state index contributed by atoms with van der Waals surface area (Å²) >= 11 is 1.61. The maximum absolute atomic E-state index is 10.4. The zero-order valence-electron chi connectivity index (χ0n) is 9.11. The van der Waals surface area contributed by atoms with Gasteiger partial charge in [0.05, 0.1) is 5.60 Å². The normalized spacial score (nSPS) is 22.5. The third kappa shape index (κ3) is 2.10. The van der Waals surface area contributed by atoms with Gasteiger partial charge in [0, 0.05) is 12.0 Å². The molecule has 1 atom stereocenters. The fourth-order valence-corrected chi connectivity index (χ4v) is 3.26. The second-order valence-electron chi connectivity index (χ2n) is 4.25. The predicted octanol–water partition coefficient (Wildman–Crippen LogP) is 3.13. The van der Waals surface area contributed by atoms with Crippen LogP contribution in [0.15, 0.2) is 17.5 Å². The lowest BCUT2D eigenvalue weighted by molar-refractivity contribution is -0.124. The molecular formula is C12H18O2S. The Morgan fingerprint density at radius 1 is 1.40 bits per heavy atom. The minimum atomic E-state index is -0.456. The summed E-state index contributed by atoms with van der Waals surface area (Å²) in [5.41, 5.74) is -0.330. The molecule has 15 heavy (non-hydrogen) atoms. The Balaban J connectivity index is 2.18. The van der Waals surface area contributed by atoms with Crippen LogP contribution in [0.5, 0.6) is 0 Å². The number of ether oxygens (including phenoxy) is 1. The van der Waals surface area contributed by atoms with Crippen LogP contribution < -0.4 is 0 Å². The first kappa shape index (κ1) is 11.1. The van der Waals surface area contributed by atoms with Crippen molar-refractivity contribution in [3.8, 4) is 0 Å². The van der Waals surface area contributed by atoms with E-state index in [1.54, 1.807) is 18.4 Å². The summed E-state index contributed by atoms with van der Waals surface area (Å²) in [6.45, 7) is 0. The minimum absolute atomic E-state index is 0.330. The van der Waals surface area contributed by atoms with E-state index in [-0.39, 0.29) is 5.60 Å². The van der Waals surface area contributed by atoms with Gasteiger partial charge in [0.15, 0.2) is 0 Å². The Labute approximate surface area is 94.9 Å². The molecule has 2 rings (SSSR count). The van der Waals surface area contributed by atoms with E-state index < -0.39 is 6.10 Å². The summed E-state index contributed by atoms with van der Waals surface area (Å²) in [5.74, 6) is 0. The molecular weight excluding hydrogens is 208 g/mol. The van der Waals surface area contributed by atoms with Crippen molar-refractivity contribution in [2.24, 2.45) is 0 Å². The highest BCUT2D eigenvalue weighted by atomic mass is 32.1. The lowest BCUT2D eigenvalue weighted by atomic mass is 9.80. The molecule has 2 nitrogen and oxygen atoms in total. The molecule has 1 aromatic heterocycles. The molecule has 0 spiro atoms. The smallest absolute Gasteiger partial charge is 0.117 e. The number of rotatable bonds is 3. The molecule has 0 saturated heterocycles. The highest BCUT2D eigenvalue weighted by Crippen LogP contribution is 2.42. The van der Waals surface area contributed by atoms with Crippen molar-refractivity contribution in [2.75, 3.05) is 7.11 Å². The van der Waals surface area contributed by atoms with Gasteiger partial charge in [0.2, 0.25) is 0 Å². The molecule has 1 unspecified atom stereocenters. The van der Waals surface area contributed by atoms with Crippen molar-refractivity contribution in [3.05, 3.63) is 22.4 Å². The summed E-state index contributed by atoms with van der Waals surface area (Å²) in [6.07, 6.45) is 5.09. The molecule has 1 fully saturated rings. The quantitative estimate of drug-likeness (QED) is 0.858. The first-order chi connectivity index (χ1) is 7.28. The highest BCUT2D eigenvalue weighted by Gasteiger charge is 2.40. The lowest BCUT2D eigenvalue weighted by Crippen LogP contribution is -2.40. The number of hydrogen-bond acceptors (Lipinski definition) is 3. The first-order valence-corrected chi connectivity index (χ1v) is 6.43. The Bertz CT molecular complexity index is 289. The average molecular weight is 226 g/mol. The van der Waals surface area contributed by atoms with Gasteiger partial charge in [-0.1, -0.05) is 25.3 Å². The van der Waals surface area contributed by atoms with Crippen LogP contribution in [0.1, 0.15) is 43.1 Å². The second-order valence-corrected chi connectivity index (χ2v) is 5.23. The molecule has 0 aromatic carbocycles. The number of thiophene rings is 1. The molecule has 0 bridgehead atoms. The van der Waals surface area contributed by atoms with Crippen molar-refractivity contribution >= 4 is 11.3 Å². The van der Waals surface area contributed by atoms with E-state index in [1.807, 2.05) is 17.5 Å². The molecule has 1 heterocycles. The van der Waals surface area contributed by atoms with E-state index in [4.69, 9.17) is 4.74 Å². The fourth-order valence-electron chi connectivity index (χ4n) is 2.45. The maximum atomic E-state index is 10.4. The van der Waals surface area contributed by atoms with Crippen molar-refractivity contribution in [1.29, 1.82) is 0 Å². The molecule has 1 aliphatic carbocycles. The van der Waals surface area contributed by atoms with Crippen LogP contribution in [0.2, 0.25) is 0 Å². The average Bonchev–Trinajstić information content (AvgIpc) is 2.82. The minimum Gasteiger partial charge on any atom is -0.385 e. The van der Waals surface area contributed by atoms with Crippen molar-refractivity contribution < 1.29 is 9.84 Å². The molecule has 84 valence electrons. The van der Waals surface area contributed by atoms with Crippen LogP contribution in [0, 0.1) is 0 Å². The second kappa shape index (κ2) is 4.64. The number of hydrogen-bond donors (Lipinski definition) is 1. The van der Waals surface area contributed by atoms with Gasteiger partial charge in [-0.05, 0) is 24.3 Å². The molecule has 0 amide bonds. The summed E-state index contributed by atoms with van der Waals surface area (Å²) in [6, 6.07) is 3.97. The van der Waals surface area contributed by atoms with E-state index >= 15 is 0 Å². The molecule has 0 aliphatic heterocycles. The summed E-state index contributed by atoms with van der Waals surface area (Å²) < 4.78 is 5.62. The van der Waals surface area contributed by atoms with Gasteiger partial charge in [-0.15, -0.1) is 11.3 Å². The van der Waals surface area contributed by atoms with Crippen LogP contribution in [-0.2, 0) is 4.74 Å². The van der Waals surface area contributed by atoms with E-state index in [9.17, 15) is 5.11 Å². The predicted molar refractivity (Wildman–Crippen MR) is 62.1 cm³/mol. The molecule has 1 aliphatic rings. The Morgan fingerprint density at radius 2 is 2.13 bits per heavy atom. The van der Waals surface area contributed by atoms with Crippen LogP contribution in [-0.4, -0.2) is 17.8 Å². The van der Waals surface area contributed by atoms with Crippen LogP contribution >= 0.6 is 11.3 Å². The van der Waals surface area contributed by atoms with E-state index in [1.165, 1.54) is 6.42 Å². The van der Waals surface area contributed by atoms with E-state index in [0.717, 1.165) is 30.6 Å². The number of aliphatic hydroxyl groups is 1. The Morgan fingerprint density at radius 3 is 2.67 bits per heavy atom. The topological polar surface area (TPSA) is 29.5 Å². The van der Waals surface area contributed by atoms with Crippen molar-refractivity contribution in [1.82, 2.24) is 0 Å². The molecule has 1 N–H and O–H groups in total. The largest absolute Gasteiger partial charge is 0.385 e. The molecule has 1 aromatic rings. The third-order valence-electron chi connectivity index (χ3n) is 3.42. The number of aliphatic hydroxyl groups excluding tert-OH is 1. The van der Waals surface area contributed by atoms with Gasteiger partial charge >= 0.3 is 0 Å². The fraction of sp³-hybridized carbons (Fsp3) is 0.667. The van der Waals surface area contributed by atoms with Gasteiger partial charge in [0.1, 0.15) is 6.10 Å². The first-order valence-electron chi connectivity index (χ1n) is 5.55. The van der Waals surface area contributed by atoms with Gasteiger partial charge < -0.3 is 9.84 Å². The molecule has 0 radical (unpaired) electrons. The van der Waals surface area contributed by atoms with Crippen molar-refractivity contribution in [3.63, 3.8) is 0 Å². The summed E-state index contributed by atoms with van der Waals surface area (Å²) in [7, 11) is 1.72. The van der Waals surface area contributed by atoms with E-state index in [2.05, 4.69) is 0 Å². The van der Waals surface area contributed by atoms with Crippen LogP contribution in [0.4, 0.5) is 0 Å². The van der Waals surface area contributed by atoms with Crippen LogP contribution in [0.25, 0.3) is 0 Å². The molecule has 3 heteroatoms. The van der Waals surface area contributed by atoms with Gasteiger partial charge in [-0.3, -0.25) is 0 Å². The zero-order valence-corrected chi connectivity index (χ0v) is 9.93. The molecule has 1 saturated carbocycles. The standard InChI is InChI=1S/C12H18O2S/c1-14-12(7-3-2-4-8-12)11(13)10-6-5-9-15-10/h5-6,9,11,13H,2-4,7-8H2,1H3. The van der Waals surface area contributed by atoms with Gasteiger partial charge in [-0.25, -0.2) is 0 Å². The monoisotopic (exact) mass is 226 g/mol. The summed E-state index contributed by atoms with van der Waals surface area (Å²) in [5, 5.41) is 12.4. The lowest BCUT2D eigenvalue weighted by Gasteiger charge is -2.39. The van der Waals surface area contributed by atoms with Crippen molar-refractivity contribution in [2.45, 2.75) is 43.8 Å². The third-order valence-corrected chi connectivity index (χ3v) is 4.34. The zero-order chi connectivity index (χ0) is 10.7. The highest BCUT2D eigenvalue weighted by molar-refractivity contribution is 7.10. The van der Waals surface area contributed by atoms with Gasteiger partial charge in [0.25, 0.3) is 0 Å². The number of methoxy groups -OCH3 is 1. The van der Waals surface area contributed by atoms with Crippen LogP contribution in [0.3, 0.4) is 0 Å². The van der Waals surface area contributed by atoms with E-state index in [0.29, 0.717) is 0 Å². The Kier molecular flexibility index (Phi) is 3.44. The van der Waals surface area contributed by atoms with Gasteiger partial charge in [-0.2, -0.15) is 0 Å². The maximum Gasteiger partial charge on any atom is 0.117 e.